The van der Waals surface area contributed by atoms with Crippen molar-refractivity contribution < 1.29 is 14.7 Å². The molecular weight excluding hydrogens is 320 g/mol. The van der Waals surface area contributed by atoms with E-state index in [1.54, 1.807) is 24.3 Å². The third-order valence-electron chi connectivity index (χ3n) is 4.31. The van der Waals surface area contributed by atoms with Gasteiger partial charge in [0.25, 0.3) is 5.91 Å². The zero-order chi connectivity index (χ0) is 17.8. The molecule has 0 fully saturated rings. The van der Waals surface area contributed by atoms with Crippen molar-refractivity contribution in [3.8, 4) is 0 Å². The van der Waals surface area contributed by atoms with E-state index < -0.39 is 17.9 Å². The lowest BCUT2D eigenvalue weighted by molar-refractivity contribution is -0.138. The van der Waals surface area contributed by atoms with Crippen molar-refractivity contribution in [1.82, 2.24) is 15.1 Å². The first-order chi connectivity index (χ1) is 12.0. The van der Waals surface area contributed by atoms with Gasteiger partial charge in [-0.05, 0) is 56.5 Å². The van der Waals surface area contributed by atoms with Gasteiger partial charge in [0.05, 0.1) is 12.2 Å². The Balaban J connectivity index is 1.56. The third kappa shape index (κ3) is 4.17. The first-order valence-corrected chi connectivity index (χ1v) is 8.46. The van der Waals surface area contributed by atoms with Crippen molar-refractivity contribution in [1.29, 1.82) is 0 Å². The summed E-state index contributed by atoms with van der Waals surface area (Å²) in [6.07, 6.45) is 3.50. The van der Waals surface area contributed by atoms with Gasteiger partial charge in [0.1, 0.15) is 6.04 Å². The Morgan fingerprint density at radius 1 is 1.28 bits per heavy atom. The highest BCUT2D eigenvalue weighted by Gasteiger charge is 2.15. The molecule has 7 nitrogen and oxygen atoms in total. The Bertz CT molecular complexity index is 744. The molecule has 2 aromatic rings. The summed E-state index contributed by atoms with van der Waals surface area (Å²) in [6.45, 7) is 3.05. The van der Waals surface area contributed by atoms with Crippen LogP contribution in [0.5, 0.6) is 0 Å². The number of anilines is 1. The number of aryl methyl sites for hydroxylation is 2. The van der Waals surface area contributed by atoms with Gasteiger partial charge in [-0.25, -0.2) is 0 Å². The number of benzene rings is 1. The average molecular weight is 342 g/mol. The average Bonchev–Trinajstić information content (AvgIpc) is 3.03. The quantitative estimate of drug-likeness (QED) is 0.746. The summed E-state index contributed by atoms with van der Waals surface area (Å²) in [5, 5.41) is 19.1. The van der Waals surface area contributed by atoms with Gasteiger partial charge in [-0.1, -0.05) is 0 Å². The van der Waals surface area contributed by atoms with Crippen LogP contribution in [0.15, 0.2) is 30.3 Å². The fourth-order valence-electron chi connectivity index (χ4n) is 2.84. The molecule has 1 aliphatic heterocycles. The molecule has 0 aliphatic carbocycles. The summed E-state index contributed by atoms with van der Waals surface area (Å²) in [5.41, 5.74) is 3.61. The number of hydrogen-bond acceptors (Lipinski definition) is 4. The molecule has 3 N–H and O–H groups in total. The van der Waals surface area contributed by atoms with Crippen molar-refractivity contribution in [2.75, 3.05) is 5.32 Å². The van der Waals surface area contributed by atoms with E-state index in [1.807, 2.05) is 0 Å². The van der Waals surface area contributed by atoms with Gasteiger partial charge >= 0.3 is 5.97 Å². The number of nitrogens with zero attached hydrogens (tertiary/aromatic N) is 2. The summed E-state index contributed by atoms with van der Waals surface area (Å²) in [7, 11) is 0. The molecule has 0 bridgehead atoms. The number of carbonyl (C=O) groups excluding carboxylic acids is 1. The zero-order valence-corrected chi connectivity index (χ0v) is 14.2. The lowest BCUT2D eigenvalue weighted by Gasteiger charge is -2.11. The van der Waals surface area contributed by atoms with Crippen LogP contribution in [0.1, 0.15) is 41.5 Å². The van der Waals surface area contributed by atoms with Gasteiger partial charge in [0, 0.05) is 23.5 Å². The molecule has 3 rings (SSSR count). The number of carbonyl (C=O) groups is 2. The van der Waals surface area contributed by atoms with E-state index in [9.17, 15) is 9.59 Å². The summed E-state index contributed by atoms with van der Waals surface area (Å²) in [5.74, 6) is -1.46. The summed E-state index contributed by atoms with van der Waals surface area (Å²) in [4.78, 5) is 22.7. The Morgan fingerprint density at radius 3 is 2.72 bits per heavy atom. The molecule has 1 amide bonds. The number of fused-ring (bicyclic) bond motifs is 1. The van der Waals surface area contributed by atoms with E-state index in [4.69, 9.17) is 5.11 Å². The van der Waals surface area contributed by atoms with Crippen LogP contribution in [0.4, 0.5) is 5.69 Å². The Hall–Kier alpha value is -2.83. The number of rotatable bonds is 6. The van der Waals surface area contributed by atoms with Gasteiger partial charge in [-0.15, -0.1) is 0 Å². The highest BCUT2D eigenvalue weighted by molar-refractivity contribution is 5.96. The Labute approximate surface area is 146 Å². The molecule has 132 valence electrons. The number of hydrogen-bond donors (Lipinski definition) is 3. The van der Waals surface area contributed by atoms with E-state index in [0.717, 1.165) is 24.3 Å². The van der Waals surface area contributed by atoms with Crippen LogP contribution in [-0.2, 0) is 24.3 Å². The number of aromatic nitrogens is 2. The monoisotopic (exact) mass is 342 g/mol. The van der Waals surface area contributed by atoms with Crippen LogP contribution in [0, 0.1) is 0 Å². The van der Waals surface area contributed by atoms with Crippen molar-refractivity contribution in [3.05, 3.63) is 47.3 Å². The number of nitrogens with one attached hydrogen (secondary N) is 2. The predicted molar refractivity (Wildman–Crippen MR) is 93.5 cm³/mol. The van der Waals surface area contributed by atoms with Crippen LogP contribution in [0.2, 0.25) is 0 Å². The van der Waals surface area contributed by atoms with Gasteiger partial charge in [-0.3, -0.25) is 14.3 Å². The molecule has 0 saturated heterocycles. The molecule has 1 aromatic carbocycles. The van der Waals surface area contributed by atoms with Crippen molar-refractivity contribution in [2.45, 2.75) is 45.3 Å². The highest BCUT2D eigenvalue weighted by atomic mass is 16.4. The topological polar surface area (TPSA) is 96.3 Å². The van der Waals surface area contributed by atoms with Crippen molar-refractivity contribution in [2.24, 2.45) is 0 Å². The maximum atomic E-state index is 12.0. The number of carboxylic acids is 1. The van der Waals surface area contributed by atoms with E-state index in [0.29, 0.717) is 12.1 Å². The summed E-state index contributed by atoms with van der Waals surface area (Å²) >= 11 is 0. The second-order valence-corrected chi connectivity index (χ2v) is 6.27. The summed E-state index contributed by atoms with van der Waals surface area (Å²) in [6, 6.07) is 8.17. The maximum Gasteiger partial charge on any atom is 0.325 e. The second-order valence-electron chi connectivity index (χ2n) is 6.27. The van der Waals surface area contributed by atoms with Gasteiger partial charge < -0.3 is 15.7 Å². The first-order valence-electron chi connectivity index (χ1n) is 8.46. The molecule has 0 spiro atoms. The maximum absolute atomic E-state index is 12.0. The van der Waals surface area contributed by atoms with Crippen LogP contribution in [0.3, 0.4) is 0 Å². The minimum atomic E-state index is -1.06. The van der Waals surface area contributed by atoms with E-state index in [2.05, 4.69) is 26.5 Å². The van der Waals surface area contributed by atoms with Crippen LogP contribution in [-0.4, -0.2) is 32.8 Å². The minimum absolute atomic E-state index is 0.400. The normalized spacial score (nSPS) is 14.4. The standard InChI is InChI=1S/C18H22N4O3/c1-12(18(24)25)20-17(23)13-5-7-14(8-6-13)19-11-15-10-16-4-2-3-9-22(16)21-15/h5-8,10,12,19H,2-4,9,11H2,1H3,(H,20,23)(H,24,25). The highest BCUT2D eigenvalue weighted by Crippen LogP contribution is 2.16. The van der Waals surface area contributed by atoms with Crippen LogP contribution in [0.25, 0.3) is 0 Å². The third-order valence-corrected chi connectivity index (χ3v) is 4.31. The molecular formula is C18H22N4O3. The number of aliphatic carboxylic acids is 1. The number of carboxylic acid groups (broad SMARTS) is 1. The van der Waals surface area contributed by atoms with E-state index in [1.165, 1.54) is 25.5 Å². The fourth-order valence-corrected chi connectivity index (χ4v) is 2.84. The lowest BCUT2D eigenvalue weighted by atomic mass is 10.1. The molecule has 0 saturated carbocycles. The van der Waals surface area contributed by atoms with E-state index in [-0.39, 0.29) is 0 Å². The molecule has 2 heterocycles. The molecule has 1 aliphatic rings. The largest absolute Gasteiger partial charge is 0.480 e. The fraction of sp³-hybridized carbons (Fsp3) is 0.389. The Kier molecular flexibility index (Phi) is 5.02. The Morgan fingerprint density at radius 2 is 2.04 bits per heavy atom. The van der Waals surface area contributed by atoms with Crippen molar-refractivity contribution >= 4 is 17.6 Å². The van der Waals surface area contributed by atoms with Gasteiger partial charge in [0.15, 0.2) is 0 Å². The summed E-state index contributed by atoms with van der Waals surface area (Å²) < 4.78 is 2.08. The second kappa shape index (κ2) is 7.38. The van der Waals surface area contributed by atoms with Gasteiger partial charge in [-0.2, -0.15) is 5.10 Å². The predicted octanol–water partition coefficient (Wildman–Crippen LogP) is 2.03. The minimum Gasteiger partial charge on any atom is -0.480 e. The zero-order valence-electron chi connectivity index (χ0n) is 14.2. The van der Waals surface area contributed by atoms with Crippen LogP contribution < -0.4 is 10.6 Å². The van der Waals surface area contributed by atoms with Gasteiger partial charge in [0.2, 0.25) is 0 Å². The van der Waals surface area contributed by atoms with Crippen molar-refractivity contribution in [3.63, 3.8) is 0 Å². The SMILES string of the molecule is CC(NC(=O)c1ccc(NCc2cc3n(n2)CCCC3)cc1)C(=O)O. The lowest BCUT2D eigenvalue weighted by Crippen LogP contribution is -2.38. The van der Waals surface area contributed by atoms with Crippen LogP contribution >= 0.6 is 0 Å². The first kappa shape index (κ1) is 17.0. The molecule has 1 atom stereocenters. The molecule has 7 heteroatoms. The molecule has 25 heavy (non-hydrogen) atoms. The molecule has 0 radical (unpaired) electrons. The van der Waals surface area contributed by atoms with E-state index >= 15 is 0 Å². The molecule has 1 unspecified atom stereocenters. The smallest absolute Gasteiger partial charge is 0.325 e. The number of amides is 1. The molecule has 1 aromatic heterocycles.